The Hall–Kier alpha value is -2.67. The average molecular weight is 371 g/mol. The highest BCUT2D eigenvalue weighted by Gasteiger charge is 2.16. The van der Waals surface area contributed by atoms with Gasteiger partial charge >= 0.3 is 0 Å². The molecule has 1 aromatic carbocycles. The molecule has 0 bridgehead atoms. The van der Waals surface area contributed by atoms with Crippen molar-refractivity contribution in [3.8, 4) is 5.75 Å². The van der Waals surface area contributed by atoms with Crippen molar-refractivity contribution >= 4 is 27.5 Å². The molecule has 0 radical (unpaired) electrons. The molecule has 0 N–H and O–H groups in total. The number of aryl methyl sites for hydroxylation is 2. The Morgan fingerprint density at radius 3 is 2.77 bits per heavy atom. The predicted molar refractivity (Wildman–Crippen MR) is 103 cm³/mol. The van der Waals surface area contributed by atoms with E-state index in [4.69, 9.17) is 4.74 Å². The topological polar surface area (TPSA) is 64.4 Å². The van der Waals surface area contributed by atoms with Crippen molar-refractivity contribution in [3.63, 3.8) is 0 Å². The molecule has 0 aliphatic carbocycles. The summed E-state index contributed by atoms with van der Waals surface area (Å²) in [5, 5.41) is 0.607. The maximum absolute atomic E-state index is 12.7. The lowest BCUT2D eigenvalue weighted by atomic mass is 10.2. The number of amides is 1. The summed E-state index contributed by atoms with van der Waals surface area (Å²) in [6.07, 6.45) is 1.45. The summed E-state index contributed by atoms with van der Waals surface area (Å²) in [5.41, 5.74) is 1.68. The predicted octanol–water partition coefficient (Wildman–Crippen LogP) is 2.74. The van der Waals surface area contributed by atoms with Crippen molar-refractivity contribution in [2.75, 3.05) is 14.2 Å². The van der Waals surface area contributed by atoms with Crippen LogP contribution < -0.4 is 10.3 Å². The number of nitrogens with zero attached hydrogens (tertiary/aromatic N) is 3. The molecule has 1 amide bonds. The molecule has 0 saturated heterocycles. The van der Waals surface area contributed by atoms with Crippen LogP contribution in [0.5, 0.6) is 5.75 Å². The number of thiophene rings is 1. The van der Waals surface area contributed by atoms with Crippen LogP contribution in [0.25, 0.3) is 10.2 Å². The fourth-order valence-corrected chi connectivity index (χ4v) is 3.81. The zero-order valence-electron chi connectivity index (χ0n) is 15.3. The lowest BCUT2D eigenvalue weighted by molar-refractivity contribution is -0.131. The normalized spacial score (nSPS) is 10.9. The Bertz CT molecular complexity index is 1020. The van der Waals surface area contributed by atoms with Gasteiger partial charge in [-0.1, -0.05) is 18.2 Å². The summed E-state index contributed by atoms with van der Waals surface area (Å²) in [7, 11) is 3.32. The fourth-order valence-electron chi connectivity index (χ4n) is 2.83. The highest BCUT2D eigenvalue weighted by molar-refractivity contribution is 7.18. The standard InChI is InChI=1S/C19H21N3O3S/c1-12-13(2)26-18-17(12)19(24)22(11-20-18)10-16(23)21(3)9-14-7-5-6-8-15(14)25-4/h5-8,11H,9-10H2,1-4H3. The van der Waals surface area contributed by atoms with Gasteiger partial charge < -0.3 is 9.64 Å². The minimum absolute atomic E-state index is 0.0399. The van der Waals surface area contributed by atoms with Crippen molar-refractivity contribution in [1.82, 2.24) is 14.5 Å². The number of hydrogen-bond donors (Lipinski definition) is 0. The molecule has 0 unspecified atom stereocenters. The van der Waals surface area contributed by atoms with E-state index in [1.807, 2.05) is 38.1 Å². The van der Waals surface area contributed by atoms with E-state index in [9.17, 15) is 9.59 Å². The molecule has 0 atom stereocenters. The molecule has 7 heteroatoms. The summed E-state index contributed by atoms with van der Waals surface area (Å²) < 4.78 is 6.70. The number of carbonyl (C=O) groups is 1. The molecule has 2 aromatic heterocycles. The largest absolute Gasteiger partial charge is 0.496 e. The highest BCUT2D eigenvalue weighted by atomic mass is 32.1. The Morgan fingerprint density at radius 2 is 2.04 bits per heavy atom. The van der Waals surface area contributed by atoms with Crippen LogP contribution in [0.2, 0.25) is 0 Å². The third-order valence-electron chi connectivity index (χ3n) is 4.49. The van der Waals surface area contributed by atoms with E-state index in [0.29, 0.717) is 11.9 Å². The first-order valence-corrected chi connectivity index (χ1v) is 9.05. The number of rotatable bonds is 5. The molecular formula is C19H21N3O3S. The van der Waals surface area contributed by atoms with Crippen LogP contribution in [0, 0.1) is 13.8 Å². The van der Waals surface area contributed by atoms with Crippen molar-refractivity contribution < 1.29 is 9.53 Å². The average Bonchev–Trinajstić information content (AvgIpc) is 2.92. The Morgan fingerprint density at radius 1 is 1.31 bits per heavy atom. The molecule has 3 rings (SSSR count). The van der Waals surface area contributed by atoms with Crippen LogP contribution in [0.4, 0.5) is 0 Å². The van der Waals surface area contributed by atoms with Crippen molar-refractivity contribution in [3.05, 3.63) is 57.0 Å². The molecule has 0 spiro atoms. The number of hydrogen-bond acceptors (Lipinski definition) is 5. The number of benzene rings is 1. The summed E-state index contributed by atoms with van der Waals surface area (Å²) in [5.74, 6) is 0.570. The van der Waals surface area contributed by atoms with Crippen LogP contribution in [0.3, 0.4) is 0 Å². The van der Waals surface area contributed by atoms with E-state index in [1.54, 1.807) is 19.1 Å². The van der Waals surface area contributed by atoms with Gasteiger partial charge in [0.1, 0.15) is 17.1 Å². The first-order valence-electron chi connectivity index (χ1n) is 8.23. The maximum Gasteiger partial charge on any atom is 0.262 e. The van der Waals surface area contributed by atoms with Gasteiger partial charge in [-0.05, 0) is 25.5 Å². The van der Waals surface area contributed by atoms with E-state index < -0.39 is 0 Å². The lowest BCUT2D eigenvalue weighted by Gasteiger charge is -2.19. The summed E-state index contributed by atoms with van der Waals surface area (Å²) in [6.45, 7) is 4.25. The molecular weight excluding hydrogens is 350 g/mol. The number of aromatic nitrogens is 2. The minimum atomic E-state index is -0.170. The van der Waals surface area contributed by atoms with E-state index in [-0.39, 0.29) is 18.0 Å². The van der Waals surface area contributed by atoms with Gasteiger partial charge in [-0.2, -0.15) is 0 Å². The Labute approximate surface area is 155 Å². The molecule has 26 heavy (non-hydrogen) atoms. The van der Waals surface area contributed by atoms with Gasteiger partial charge in [-0.15, -0.1) is 11.3 Å². The zero-order chi connectivity index (χ0) is 18.8. The molecule has 0 aliphatic rings. The molecule has 6 nitrogen and oxygen atoms in total. The molecule has 0 saturated carbocycles. The first kappa shape index (κ1) is 18.1. The number of carbonyl (C=O) groups excluding carboxylic acids is 1. The van der Waals surface area contributed by atoms with Crippen LogP contribution in [0.1, 0.15) is 16.0 Å². The number of fused-ring (bicyclic) bond motifs is 1. The van der Waals surface area contributed by atoms with Crippen molar-refractivity contribution in [2.24, 2.45) is 0 Å². The number of likely N-dealkylation sites (N-methyl/N-ethyl adjacent to an activating group) is 1. The van der Waals surface area contributed by atoms with Crippen LogP contribution in [0.15, 0.2) is 35.4 Å². The summed E-state index contributed by atoms with van der Waals surface area (Å²) in [4.78, 5) is 33.0. The molecule has 2 heterocycles. The number of methoxy groups -OCH3 is 1. The second kappa shape index (κ2) is 7.29. The van der Waals surface area contributed by atoms with E-state index in [1.165, 1.54) is 22.2 Å². The van der Waals surface area contributed by atoms with Gasteiger partial charge in [0.05, 0.1) is 18.8 Å². The minimum Gasteiger partial charge on any atom is -0.496 e. The summed E-state index contributed by atoms with van der Waals surface area (Å²) in [6, 6.07) is 7.56. The second-order valence-corrected chi connectivity index (χ2v) is 7.41. The van der Waals surface area contributed by atoms with Crippen molar-refractivity contribution in [1.29, 1.82) is 0 Å². The van der Waals surface area contributed by atoms with Gasteiger partial charge in [-0.3, -0.25) is 14.2 Å². The van der Waals surface area contributed by atoms with Gasteiger partial charge in [0.2, 0.25) is 5.91 Å². The Balaban J connectivity index is 1.81. The van der Waals surface area contributed by atoms with Crippen LogP contribution in [-0.4, -0.2) is 34.5 Å². The maximum atomic E-state index is 12.7. The fraction of sp³-hybridized carbons (Fsp3) is 0.316. The van der Waals surface area contributed by atoms with Crippen LogP contribution >= 0.6 is 11.3 Å². The zero-order valence-corrected chi connectivity index (χ0v) is 16.1. The van der Waals surface area contributed by atoms with E-state index >= 15 is 0 Å². The van der Waals surface area contributed by atoms with Crippen molar-refractivity contribution in [2.45, 2.75) is 26.9 Å². The first-order chi connectivity index (χ1) is 12.4. The van der Waals surface area contributed by atoms with Gasteiger partial charge in [0.15, 0.2) is 0 Å². The van der Waals surface area contributed by atoms with Gasteiger partial charge in [-0.25, -0.2) is 4.98 Å². The molecule has 3 aromatic rings. The Kier molecular flexibility index (Phi) is 5.08. The third kappa shape index (κ3) is 3.35. The highest BCUT2D eigenvalue weighted by Crippen LogP contribution is 2.25. The third-order valence-corrected chi connectivity index (χ3v) is 5.60. The smallest absolute Gasteiger partial charge is 0.262 e. The molecule has 0 aliphatic heterocycles. The molecule has 0 fully saturated rings. The quantitative estimate of drug-likeness (QED) is 0.692. The lowest BCUT2D eigenvalue weighted by Crippen LogP contribution is -2.33. The summed E-state index contributed by atoms with van der Waals surface area (Å²) >= 11 is 1.50. The molecule has 136 valence electrons. The van der Waals surface area contributed by atoms with Crippen LogP contribution in [-0.2, 0) is 17.9 Å². The number of ether oxygens (including phenoxy) is 1. The monoisotopic (exact) mass is 371 g/mol. The SMILES string of the molecule is COc1ccccc1CN(C)C(=O)Cn1cnc2sc(C)c(C)c2c1=O. The second-order valence-electron chi connectivity index (χ2n) is 6.20. The van der Waals surface area contributed by atoms with Gasteiger partial charge in [0.25, 0.3) is 5.56 Å². The van der Waals surface area contributed by atoms with Gasteiger partial charge in [0, 0.05) is 24.0 Å². The van der Waals surface area contributed by atoms with E-state index in [2.05, 4.69) is 4.98 Å². The number of para-hydroxylation sites is 1. The van der Waals surface area contributed by atoms with E-state index in [0.717, 1.165) is 26.6 Å².